The lowest BCUT2D eigenvalue weighted by Crippen LogP contribution is -2.20. The SMILES string of the molecule is CC#CCn1cnc(Cl)c(Cl)c1=O. The standard InChI is InChI=1S/C8H6Cl2N2O/c1-2-3-4-12-5-11-7(10)6(9)8(12)13/h5H,4H2,1H3. The molecular formula is C8H6Cl2N2O. The molecule has 0 bridgehead atoms. The summed E-state index contributed by atoms with van der Waals surface area (Å²) in [6, 6.07) is 0. The van der Waals surface area contributed by atoms with Crippen LogP contribution in [0.3, 0.4) is 0 Å². The lowest BCUT2D eigenvalue weighted by Gasteiger charge is -2.00. The van der Waals surface area contributed by atoms with Gasteiger partial charge in [0.25, 0.3) is 5.56 Å². The van der Waals surface area contributed by atoms with Crippen LogP contribution in [0.2, 0.25) is 10.2 Å². The second kappa shape index (κ2) is 4.31. The van der Waals surface area contributed by atoms with Gasteiger partial charge in [-0.3, -0.25) is 9.36 Å². The van der Waals surface area contributed by atoms with Gasteiger partial charge in [-0.25, -0.2) is 4.98 Å². The van der Waals surface area contributed by atoms with Crippen molar-refractivity contribution in [1.82, 2.24) is 9.55 Å². The summed E-state index contributed by atoms with van der Waals surface area (Å²) in [4.78, 5) is 15.1. The number of hydrogen-bond donors (Lipinski definition) is 0. The molecule has 0 radical (unpaired) electrons. The van der Waals surface area contributed by atoms with Crippen LogP contribution in [-0.2, 0) is 6.54 Å². The van der Waals surface area contributed by atoms with Crippen molar-refractivity contribution in [3.8, 4) is 11.8 Å². The molecule has 68 valence electrons. The van der Waals surface area contributed by atoms with E-state index in [0.29, 0.717) is 0 Å². The second-order valence-corrected chi connectivity index (χ2v) is 2.95. The van der Waals surface area contributed by atoms with E-state index in [1.54, 1.807) is 6.92 Å². The van der Waals surface area contributed by atoms with Crippen molar-refractivity contribution in [2.45, 2.75) is 13.5 Å². The first-order valence-corrected chi connectivity index (χ1v) is 4.22. The minimum atomic E-state index is -0.371. The summed E-state index contributed by atoms with van der Waals surface area (Å²) in [5.74, 6) is 5.39. The summed E-state index contributed by atoms with van der Waals surface area (Å²) >= 11 is 11.1. The van der Waals surface area contributed by atoms with Gasteiger partial charge in [-0.1, -0.05) is 29.1 Å². The van der Waals surface area contributed by atoms with Crippen molar-refractivity contribution >= 4 is 23.2 Å². The molecule has 0 aliphatic heterocycles. The maximum absolute atomic E-state index is 11.3. The largest absolute Gasteiger partial charge is 0.286 e. The van der Waals surface area contributed by atoms with Crippen molar-refractivity contribution in [1.29, 1.82) is 0 Å². The normalized spacial score (nSPS) is 9.15. The summed E-state index contributed by atoms with van der Waals surface area (Å²) in [5, 5.41) is -0.0468. The summed E-state index contributed by atoms with van der Waals surface area (Å²) in [6.07, 6.45) is 1.32. The molecule has 5 heteroatoms. The lowest BCUT2D eigenvalue weighted by molar-refractivity contribution is 0.768. The monoisotopic (exact) mass is 216 g/mol. The topological polar surface area (TPSA) is 34.9 Å². The summed E-state index contributed by atoms with van der Waals surface area (Å²) in [6.45, 7) is 1.97. The Morgan fingerprint density at radius 1 is 1.62 bits per heavy atom. The zero-order chi connectivity index (χ0) is 9.84. The Bertz CT molecular complexity index is 428. The Morgan fingerprint density at radius 2 is 2.31 bits per heavy atom. The molecule has 0 unspecified atom stereocenters. The molecule has 0 saturated heterocycles. The fourth-order valence-electron chi connectivity index (χ4n) is 0.721. The minimum Gasteiger partial charge on any atom is -0.286 e. The van der Waals surface area contributed by atoms with Crippen LogP contribution in [0, 0.1) is 11.8 Å². The van der Waals surface area contributed by atoms with Gasteiger partial charge in [-0.05, 0) is 6.92 Å². The fourth-order valence-corrected chi connectivity index (χ4v) is 1.00. The Hall–Kier alpha value is -0.980. The first-order valence-electron chi connectivity index (χ1n) is 3.47. The molecule has 0 N–H and O–H groups in total. The maximum Gasteiger partial charge on any atom is 0.274 e. The zero-order valence-electron chi connectivity index (χ0n) is 6.84. The van der Waals surface area contributed by atoms with E-state index in [9.17, 15) is 4.79 Å². The molecule has 3 nitrogen and oxygen atoms in total. The van der Waals surface area contributed by atoms with Crippen molar-refractivity contribution in [2.24, 2.45) is 0 Å². The van der Waals surface area contributed by atoms with E-state index in [0.717, 1.165) is 0 Å². The third-order valence-electron chi connectivity index (χ3n) is 1.37. The molecule has 1 aromatic heterocycles. The molecule has 0 spiro atoms. The van der Waals surface area contributed by atoms with Gasteiger partial charge >= 0.3 is 0 Å². The molecule has 0 fully saturated rings. The van der Waals surface area contributed by atoms with Gasteiger partial charge in [0.1, 0.15) is 11.3 Å². The summed E-state index contributed by atoms with van der Waals surface area (Å²) < 4.78 is 1.30. The Morgan fingerprint density at radius 3 is 2.92 bits per heavy atom. The molecule has 0 amide bonds. The molecule has 0 saturated carbocycles. The van der Waals surface area contributed by atoms with Gasteiger partial charge in [0.15, 0.2) is 5.15 Å². The van der Waals surface area contributed by atoms with Crippen LogP contribution in [0.25, 0.3) is 0 Å². The summed E-state index contributed by atoms with van der Waals surface area (Å²) in [7, 11) is 0. The van der Waals surface area contributed by atoms with Gasteiger partial charge in [0.2, 0.25) is 0 Å². The number of hydrogen-bond acceptors (Lipinski definition) is 2. The average Bonchev–Trinajstić information content (AvgIpc) is 2.13. The van der Waals surface area contributed by atoms with Gasteiger partial charge in [0, 0.05) is 0 Å². The molecule has 1 heterocycles. The smallest absolute Gasteiger partial charge is 0.274 e. The highest BCUT2D eigenvalue weighted by atomic mass is 35.5. The van der Waals surface area contributed by atoms with Crippen molar-refractivity contribution in [2.75, 3.05) is 0 Å². The highest BCUT2D eigenvalue weighted by Gasteiger charge is 2.05. The first-order chi connectivity index (χ1) is 6.16. The first kappa shape index (κ1) is 10.1. The van der Waals surface area contributed by atoms with Crippen molar-refractivity contribution in [3.63, 3.8) is 0 Å². The van der Waals surface area contributed by atoms with Gasteiger partial charge in [-0.15, -0.1) is 5.92 Å². The van der Waals surface area contributed by atoms with Crippen LogP contribution in [-0.4, -0.2) is 9.55 Å². The third-order valence-corrected chi connectivity index (χ3v) is 2.09. The number of rotatable bonds is 1. The Balaban J connectivity index is 3.16. The van der Waals surface area contributed by atoms with E-state index in [-0.39, 0.29) is 22.3 Å². The highest BCUT2D eigenvalue weighted by Crippen LogP contribution is 2.12. The van der Waals surface area contributed by atoms with E-state index in [4.69, 9.17) is 23.2 Å². The molecule has 13 heavy (non-hydrogen) atoms. The Labute approximate surface area is 85.3 Å². The average molecular weight is 217 g/mol. The second-order valence-electron chi connectivity index (χ2n) is 2.21. The molecular weight excluding hydrogens is 211 g/mol. The van der Waals surface area contributed by atoms with Gasteiger partial charge in [0.05, 0.1) is 6.54 Å². The van der Waals surface area contributed by atoms with E-state index >= 15 is 0 Å². The van der Waals surface area contributed by atoms with E-state index < -0.39 is 0 Å². The molecule has 1 aromatic rings. The molecule has 0 aromatic carbocycles. The van der Waals surface area contributed by atoms with Crippen LogP contribution in [0.1, 0.15) is 6.92 Å². The number of nitrogens with zero attached hydrogens (tertiary/aromatic N) is 2. The lowest BCUT2D eigenvalue weighted by atomic mass is 10.5. The van der Waals surface area contributed by atoms with Gasteiger partial charge < -0.3 is 0 Å². The van der Waals surface area contributed by atoms with Crippen molar-refractivity contribution in [3.05, 3.63) is 26.9 Å². The van der Waals surface area contributed by atoms with Crippen molar-refractivity contribution < 1.29 is 0 Å². The molecule has 0 aliphatic rings. The zero-order valence-corrected chi connectivity index (χ0v) is 8.35. The highest BCUT2D eigenvalue weighted by molar-refractivity contribution is 6.40. The molecule has 1 rings (SSSR count). The van der Waals surface area contributed by atoms with E-state index in [2.05, 4.69) is 16.8 Å². The summed E-state index contributed by atoms with van der Waals surface area (Å²) in [5.41, 5.74) is -0.371. The minimum absolute atomic E-state index is 0.0207. The Kier molecular flexibility index (Phi) is 3.35. The van der Waals surface area contributed by atoms with Gasteiger partial charge in [-0.2, -0.15) is 0 Å². The van der Waals surface area contributed by atoms with Crippen LogP contribution in [0.4, 0.5) is 0 Å². The number of aromatic nitrogens is 2. The van der Waals surface area contributed by atoms with Crippen LogP contribution < -0.4 is 5.56 Å². The third kappa shape index (κ3) is 2.24. The molecule has 0 atom stereocenters. The van der Waals surface area contributed by atoms with Crippen LogP contribution in [0.5, 0.6) is 0 Å². The predicted molar refractivity (Wildman–Crippen MR) is 52.0 cm³/mol. The fraction of sp³-hybridized carbons (Fsp3) is 0.250. The predicted octanol–water partition coefficient (Wildman–Crippen LogP) is 1.57. The molecule has 0 aliphatic carbocycles. The maximum atomic E-state index is 11.3. The quantitative estimate of drug-likeness (QED) is 0.528. The number of halogens is 2. The van der Waals surface area contributed by atoms with Crippen LogP contribution >= 0.6 is 23.2 Å². The van der Waals surface area contributed by atoms with E-state index in [1.165, 1.54) is 10.9 Å². The van der Waals surface area contributed by atoms with Crippen LogP contribution in [0.15, 0.2) is 11.1 Å². The van der Waals surface area contributed by atoms with E-state index in [1.807, 2.05) is 0 Å².